The van der Waals surface area contributed by atoms with E-state index in [1.165, 1.54) is 11.1 Å². The smallest absolute Gasteiger partial charge is 0.133 e. The highest BCUT2D eigenvalue weighted by molar-refractivity contribution is 6.01. The largest absolute Gasteiger partial charge is 0.392 e. The van der Waals surface area contributed by atoms with Crippen molar-refractivity contribution in [2.75, 3.05) is 0 Å². The third-order valence-electron chi connectivity index (χ3n) is 2.88. The molecule has 0 aliphatic carbocycles. The lowest BCUT2D eigenvalue weighted by atomic mass is 10.0. The number of hydrogen-bond donors (Lipinski definition) is 0. The molecule has 2 nitrogen and oxygen atoms in total. The average Bonchev–Trinajstić information content (AvgIpc) is 2.78. The fourth-order valence-corrected chi connectivity index (χ4v) is 1.75. The van der Waals surface area contributed by atoms with Crippen LogP contribution in [0.2, 0.25) is 0 Å². The molecule has 1 aliphatic rings. The number of aryl methyl sites for hydroxylation is 1. The van der Waals surface area contributed by atoms with Gasteiger partial charge >= 0.3 is 0 Å². The molecule has 1 aromatic carbocycles. The Kier molecular flexibility index (Phi) is 3.05. The molecule has 15 heavy (non-hydrogen) atoms. The zero-order valence-electron chi connectivity index (χ0n) is 9.36. The molecule has 0 saturated heterocycles. The molecule has 2 heteroatoms. The van der Waals surface area contributed by atoms with Crippen molar-refractivity contribution >= 4 is 5.71 Å². The number of hydrogen-bond acceptors (Lipinski definition) is 2. The number of oxime groups is 1. The van der Waals surface area contributed by atoms with Gasteiger partial charge in [-0.1, -0.05) is 43.3 Å². The van der Waals surface area contributed by atoms with Crippen molar-refractivity contribution in [3.05, 3.63) is 35.4 Å². The second-order valence-corrected chi connectivity index (χ2v) is 3.93. The lowest BCUT2D eigenvalue weighted by Gasteiger charge is -2.02. The topological polar surface area (TPSA) is 21.6 Å². The van der Waals surface area contributed by atoms with E-state index in [0.29, 0.717) is 0 Å². The van der Waals surface area contributed by atoms with Crippen LogP contribution in [0.3, 0.4) is 0 Å². The van der Waals surface area contributed by atoms with Gasteiger partial charge in [0.15, 0.2) is 0 Å². The minimum absolute atomic E-state index is 0.283. The zero-order valence-corrected chi connectivity index (χ0v) is 9.36. The fraction of sp³-hybridized carbons (Fsp3) is 0.462. The second kappa shape index (κ2) is 4.47. The molecular weight excluding hydrogens is 186 g/mol. The summed E-state index contributed by atoms with van der Waals surface area (Å²) < 4.78 is 0. The minimum Gasteiger partial charge on any atom is -0.392 e. The average molecular weight is 203 g/mol. The van der Waals surface area contributed by atoms with Gasteiger partial charge in [-0.05, 0) is 24.0 Å². The summed E-state index contributed by atoms with van der Waals surface area (Å²) in [7, 11) is 0. The Morgan fingerprint density at radius 3 is 2.53 bits per heavy atom. The van der Waals surface area contributed by atoms with Crippen LogP contribution in [0.4, 0.5) is 0 Å². The van der Waals surface area contributed by atoms with Crippen molar-refractivity contribution in [2.45, 2.75) is 39.2 Å². The maximum Gasteiger partial charge on any atom is 0.133 e. The summed E-state index contributed by atoms with van der Waals surface area (Å²) in [6.45, 7) is 4.29. The van der Waals surface area contributed by atoms with E-state index < -0.39 is 0 Å². The van der Waals surface area contributed by atoms with Crippen LogP contribution < -0.4 is 0 Å². The van der Waals surface area contributed by atoms with E-state index in [0.717, 1.165) is 25.0 Å². The number of nitrogens with zero attached hydrogens (tertiary/aromatic N) is 1. The Morgan fingerprint density at radius 2 is 2.00 bits per heavy atom. The molecular formula is C13H17NO. The summed E-state index contributed by atoms with van der Waals surface area (Å²) in [5.41, 5.74) is 3.65. The summed E-state index contributed by atoms with van der Waals surface area (Å²) in [5, 5.41) is 4.13. The van der Waals surface area contributed by atoms with Crippen LogP contribution in [0, 0.1) is 0 Å². The number of rotatable bonds is 3. The van der Waals surface area contributed by atoms with E-state index in [4.69, 9.17) is 4.84 Å². The van der Waals surface area contributed by atoms with E-state index in [2.05, 4.69) is 43.3 Å². The molecule has 1 unspecified atom stereocenters. The van der Waals surface area contributed by atoms with Gasteiger partial charge in [0.1, 0.15) is 6.10 Å². The lowest BCUT2D eigenvalue weighted by molar-refractivity contribution is 0.0829. The van der Waals surface area contributed by atoms with Crippen molar-refractivity contribution in [2.24, 2.45) is 5.16 Å². The van der Waals surface area contributed by atoms with Crippen LogP contribution >= 0.6 is 0 Å². The van der Waals surface area contributed by atoms with Gasteiger partial charge in [0.25, 0.3) is 0 Å². The van der Waals surface area contributed by atoms with Gasteiger partial charge in [0.2, 0.25) is 0 Å². The fourth-order valence-electron chi connectivity index (χ4n) is 1.75. The van der Waals surface area contributed by atoms with Gasteiger partial charge in [-0.25, -0.2) is 0 Å². The van der Waals surface area contributed by atoms with Crippen LogP contribution in [-0.4, -0.2) is 11.8 Å². The van der Waals surface area contributed by atoms with Crippen LogP contribution in [0.1, 0.15) is 37.8 Å². The Hall–Kier alpha value is -1.31. The summed E-state index contributed by atoms with van der Waals surface area (Å²) in [4.78, 5) is 5.31. The van der Waals surface area contributed by atoms with Crippen molar-refractivity contribution in [1.82, 2.24) is 0 Å². The van der Waals surface area contributed by atoms with Gasteiger partial charge in [0, 0.05) is 6.42 Å². The molecule has 0 bridgehead atoms. The monoisotopic (exact) mass is 203 g/mol. The van der Waals surface area contributed by atoms with Crippen LogP contribution in [0.25, 0.3) is 0 Å². The Balaban J connectivity index is 2.10. The Morgan fingerprint density at radius 1 is 1.27 bits per heavy atom. The van der Waals surface area contributed by atoms with E-state index >= 15 is 0 Å². The molecule has 1 atom stereocenters. The molecule has 1 aromatic rings. The molecule has 1 aliphatic heterocycles. The van der Waals surface area contributed by atoms with Gasteiger partial charge in [0.05, 0.1) is 5.71 Å². The molecule has 0 saturated carbocycles. The highest BCUT2D eigenvalue weighted by atomic mass is 16.6. The lowest BCUT2D eigenvalue weighted by Crippen LogP contribution is -2.06. The maximum absolute atomic E-state index is 5.31. The molecule has 2 rings (SSSR count). The minimum atomic E-state index is 0.283. The second-order valence-electron chi connectivity index (χ2n) is 3.93. The standard InChI is InChI=1S/C13H17NO/c1-3-10-5-7-11(8-6-10)13-9-12(4-2)15-14-13/h5-8,12H,3-4,9H2,1-2H3. The SMILES string of the molecule is CCc1ccc(C2=NOC(CC)C2)cc1. The van der Waals surface area contributed by atoms with Crippen molar-refractivity contribution in [3.8, 4) is 0 Å². The van der Waals surface area contributed by atoms with Gasteiger partial charge in [-0.2, -0.15) is 0 Å². The van der Waals surface area contributed by atoms with E-state index in [9.17, 15) is 0 Å². The van der Waals surface area contributed by atoms with Gasteiger partial charge in [-0.3, -0.25) is 0 Å². The first kappa shape index (κ1) is 10.2. The van der Waals surface area contributed by atoms with Crippen molar-refractivity contribution in [1.29, 1.82) is 0 Å². The first-order chi connectivity index (χ1) is 7.33. The first-order valence-electron chi connectivity index (χ1n) is 5.65. The van der Waals surface area contributed by atoms with Crippen LogP contribution in [0.15, 0.2) is 29.4 Å². The predicted octanol–water partition coefficient (Wildman–Crippen LogP) is 3.15. The van der Waals surface area contributed by atoms with Crippen LogP contribution in [-0.2, 0) is 11.3 Å². The van der Waals surface area contributed by atoms with E-state index in [-0.39, 0.29) is 6.10 Å². The first-order valence-corrected chi connectivity index (χ1v) is 5.65. The van der Waals surface area contributed by atoms with E-state index in [1.807, 2.05) is 0 Å². The molecule has 0 aromatic heterocycles. The van der Waals surface area contributed by atoms with Crippen molar-refractivity contribution in [3.63, 3.8) is 0 Å². The van der Waals surface area contributed by atoms with Crippen LogP contribution in [0.5, 0.6) is 0 Å². The Labute approximate surface area is 90.9 Å². The Bertz CT molecular complexity index is 353. The highest BCUT2D eigenvalue weighted by Crippen LogP contribution is 2.18. The normalized spacial score (nSPS) is 19.9. The molecule has 0 radical (unpaired) electrons. The summed E-state index contributed by atoms with van der Waals surface area (Å²) in [5.74, 6) is 0. The zero-order chi connectivity index (χ0) is 10.7. The predicted molar refractivity (Wildman–Crippen MR) is 62.1 cm³/mol. The molecule has 0 fully saturated rings. The third-order valence-corrected chi connectivity index (χ3v) is 2.88. The summed E-state index contributed by atoms with van der Waals surface area (Å²) >= 11 is 0. The summed E-state index contributed by atoms with van der Waals surface area (Å²) in [6, 6.07) is 8.60. The van der Waals surface area contributed by atoms with Crippen molar-refractivity contribution < 1.29 is 4.84 Å². The molecule has 80 valence electrons. The maximum atomic E-state index is 5.31. The van der Waals surface area contributed by atoms with Gasteiger partial charge < -0.3 is 4.84 Å². The molecule has 0 spiro atoms. The van der Waals surface area contributed by atoms with E-state index in [1.54, 1.807) is 0 Å². The molecule has 1 heterocycles. The number of benzene rings is 1. The quantitative estimate of drug-likeness (QED) is 0.739. The summed E-state index contributed by atoms with van der Waals surface area (Å²) in [6.07, 6.45) is 3.34. The molecule has 0 N–H and O–H groups in total. The highest BCUT2D eigenvalue weighted by Gasteiger charge is 2.19. The molecule has 0 amide bonds. The third kappa shape index (κ3) is 2.20. The van der Waals surface area contributed by atoms with Gasteiger partial charge in [-0.15, -0.1) is 0 Å².